The number of halogens is 2. The number of carbonyl (C=O) groups is 3. The number of fused-ring (bicyclic) bond motifs is 1. The normalized spacial score (nSPS) is 16.5. The van der Waals surface area contributed by atoms with Crippen LogP contribution in [0.25, 0.3) is 0 Å². The van der Waals surface area contributed by atoms with Gasteiger partial charge < -0.3 is 24.5 Å². The number of hydrogen-bond donors (Lipinski definition) is 1. The molecule has 1 N–H and O–H groups in total. The summed E-state index contributed by atoms with van der Waals surface area (Å²) in [6.45, 7) is 3.39. The van der Waals surface area contributed by atoms with E-state index in [1.165, 1.54) is 18.0 Å². The first-order chi connectivity index (χ1) is 17.4. The summed E-state index contributed by atoms with van der Waals surface area (Å²) in [7, 11) is 1.44. The maximum absolute atomic E-state index is 14.8. The van der Waals surface area contributed by atoms with Gasteiger partial charge in [0.1, 0.15) is 36.3 Å². The molecule has 1 atom stereocenters. The van der Waals surface area contributed by atoms with E-state index in [0.29, 0.717) is 37.2 Å². The fraction of sp³-hybridized carbons (Fsp3) is 0.423. The Hall–Kier alpha value is -3.37. The van der Waals surface area contributed by atoms with Crippen LogP contribution in [-0.2, 0) is 34.0 Å². The summed E-state index contributed by atoms with van der Waals surface area (Å²) in [4.78, 5) is 39.8. The third-order valence-electron chi connectivity index (χ3n) is 6.49. The molecule has 0 radical (unpaired) electrons. The average Bonchev–Trinajstić information content (AvgIpc) is 3.20. The SMILES string of the molecule is CNC(=O)C(CCC=O)N1Cc2c(OCc3ccc(CN4CCOCC4)cc3F)cc(F)cc2C1=O. The number of carbonyl (C=O) groups excluding carboxylic acids is 3. The Labute approximate surface area is 208 Å². The maximum atomic E-state index is 14.8. The number of nitrogens with one attached hydrogen (secondary N) is 1. The van der Waals surface area contributed by atoms with Crippen LogP contribution in [0.5, 0.6) is 5.75 Å². The molecule has 8 nitrogen and oxygen atoms in total. The molecule has 2 aliphatic heterocycles. The van der Waals surface area contributed by atoms with Gasteiger partial charge in [0.15, 0.2) is 0 Å². The Bertz CT molecular complexity index is 1140. The van der Waals surface area contributed by atoms with E-state index in [2.05, 4.69) is 10.2 Å². The van der Waals surface area contributed by atoms with Crippen LogP contribution in [0.15, 0.2) is 30.3 Å². The number of hydrogen-bond acceptors (Lipinski definition) is 6. The fourth-order valence-electron chi connectivity index (χ4n) is 4.54. The predicted octanol–water partition coefficient (Wildman–Crippen LogP) is 2.43. The van der Waals surface area contributed by atoms with E-state index in [9.17, 15) is 23.2 Å². The van der Waals surface area contributed by atoms with Crippen LogP contribution in [0.1, 0.15) is 39.9 Å². The molecular weight excluding hydrogens is 472 g/mol. The molecule has 36 heavy (non-hydrogen) atoms. The number of rotatable bonds is 10. The molecule has 1 saturated heterocycles. The van der Waals surface area contributed by atoms with E-state index in [1.807, 2.05) is 6.07 Å². The molecule has 2 aromatic carbocycles. The molecular formula is C26H29F2N3O5. The minimum Gasteiger partial charge on any atom is -0.488 e. The van der Waals surface area contributed by atoms with Crippen molar-refractivity contribution in [2.24, 2.45) is 0 Å². The topological polar surface area (TPSA) is 88.2 Å². The Morgan fingerprint density at radius 3 is 2.69 bits per heavy atom. The molecule has 0 spiro atoms. The van der Waals surface area contributed by atoms with Gasteiger partial charge in [0, 0.05) is 50.3 Å². The van der Waals surface area contributed by atoms with Gasteiger partial charge in [-0.1, -0.05) is 12.1 Å². The lowest BCUT2D eigenvalue weighted by atomic mass is 10.1. The van der Waals surface area contributed by atoms with Crippen LogP contribution in [0.4, 0.5) is 8.78 Å². The Morgan fingerprint density at radius 1 is 1.22 bits per heavy atom. The van der Waals surface area contributed by atoms with Crippen molar-refractivity contribution >= 4 is 18.1 Å². The quantitative estimate of drug-likeness (QED) is 0.504. The zero-order valence-electron chi connectivity index (χ0n) is 20.1. The van der Waals surface area contributed by atoms with Gasteiger partial charge in [-0.2, -0.15) is 0 Å². The molecule has 2 aromatic rings. The molecule has 2 aliphatic rings. The lowest BCUT2D eigenvalue weighted by Crippen LogP contribution is -2.46. The van der Waals surface area contributed by atoms with Crippen molar-refractivity contribution in [2.75, 3.05) is 33.4 Å². The van der Waals surface area contributed by atoms with Gasteiger partial charge in [-0.3, -0.25) is 14.5 Å². The van der Waals surface area contributed by atoms with Crippen molar-refractivity contribution in [1.29, 1.82) is 0 Å². The standard InChI is InChI=1S/C26H29F2N3O5/c1-29-25(33)23(3-2-8-32)31-15-21-20(26(31)34)12-19(27)13-24(21)36-16-18-5-4-17(11-22(18)28)14-30-6-9-35-10-7-30/h4-5,8,11-13,23H,2-3,6-7,9-10,14-16H2,1H3,(H,29,33). The number of morpholine rings is 1. The highest BCUT2D eigenvalue weighted by Gasteiger charge is 2.38. The average molecular weight is 502 g/mol. The van der Waals surface area contributed by atoms with Crippen molar-refractivity contribution in [1.82, 2.24) is 15.1 Å². The Balaban J connectivity index is 1.49. The van der Waals surface area contributed by atoms with Gasteiger partial charge in [0.05, 0.1) is 25.3 Å². The summed E-state index contributed by atoms with van der Waals surface area (Å²) in [5.41, 5.74) is 1.65. The fourth-order valence-corrected chi connectivity index (χ4v) is 4.54. The second-order valence-electron chi connectivity index (χ2n) is 8.84. The molecule has 2 heterocycles. The van der Waals surface area contributed by atoms with Gasteiger partial charge in [-0.15, -0.1) is 0 Å². The summed E-state index contributed by atoms with van der Waals surface area (Å²) < 4.78 is 40.3. The molecule has 0 bridgehead atoms. The third-order valence-corrected chi connectivity index (χ3v) is 6.49. The molecule has 10 heteroatoms. The van der Waals surface area contributed by atoms with Crippen LogP contribution in [0.2, 0.25) is 0 Å². The summed E-state index contributed by atoms with van der Waals surface area (Å²) in [5.74, 6) is -1.93. The first kappa shape index (κ1) is 25.7. The molecule has 0 aliphatic carbocycles. The molecule has 1 unspecified atom stereocenters. The van der Waals surface area contributed by atoms with E-state index >= 15 is 0 Å². The highest BCUT2D eigenvalue weighted by atomic mass is 19.1. The number of ether oxygens (including phenoxy) is 2. The predicted molar refractivity (Wildman–Crippen MR) is 126 cm³/mol. The number of aldehydes is 1. The first-order valence-electron chi connectivity index (χ1n) is 11.9. The summed E-state index contributed by atoms with van der Waals surface area (Å²) in [6.07, 6.45) is 0.916. The van der Waals surface area contributed by atoms with Crippen LogP contribution in [0, 0.1) is 11.6 Å². The monoisotopic (exact) mass is 501 g/mol. The van der Waals surface area contributed by atoms with E-state index in [1.54, 1.807) is 6.07 Å². The number of likely N-dealkylation sites (N-methyl/N-ethyl adjacent to an activating group) is 1. The van der Waals surface area contributed by atoms with Gasteiger partial charge in [0.2, 0.25) is 5.91 Å². The molecule has 2 amide bonds. The van der Waals surface area contributed by atoms with E-state index in [0.717, 1.165) is 30.8 Å². The zero-order valence-corrected chi connectivity index (χ0v) is 20.1. The van der Waals surface area contributed by atoms with Gasteiger partial charge in [0.25, 0.3) is 5.91 Å². The minimum atomic E-state index is -0.882. The first-order valence-corrected chi connectivity index (χ1v) is 11.9. The molecule has 1 fully saturated rings. The van der Waals surface area contributed by atoms with Crippen LogP contribution < -0.4 is 10.1 Å². The highest BCUT2D eigenvalue weighted by molar-refractivity contribution is 6.01. The number of amides is 2. The Kier molecular flexibility index (Phi) is 8.27. The van der Waals surface area contributed by atoms with E-state index < -0.39 is 29.5 Å². The molecule has 192 valence electrons. The minimum absolute atomic E-state index is 0.0156. The summed E-state index contributed by atoms with van der Waals surface area (Å²) in [6, 6.07) is 6.32. The van der Waals surface area contributed by atoms with Crippen molar-refractivity contribution < 1.29 is 32.6 Å². The number of benzene rings is 2. The van der Waals surface area contributed by atoms with Crippen molar-refractivity contribution in [3.8, 4) is 5.75 Å². The lowest BCUT2D eigenvalue weighted by Gasteiger charge is -2.26. The lowest BCUT2D eigenvalue weighted by molar-refractivity contribution is -0.125. The van der Waals surface area contributed by atoms with Gasteiger partial charge in [-0.25, -0.2) is 8.78 Å². The zero-order chi connectivity index (χ0) is 25.7. The largest absolute Gasteiger partial charge is 0.488 e. The van der Waals surface area contributed by atoms with E-state index in [4.69, 9.17) is 9.47 Å². The van der Waals surface area contributed by atoms with Crippen molar-refractivity contribution in [2.45, 2.75) is 38.6 Å². The smallest absolute Gasteiger partial charge is 0.255 e. The van der Waals surface area contributed by atoms with Crippen LogP contribution >= 0.6 is 0 Å². The summed E-state index contributed by atoms with van der Waals surface area (Å²) in [5, 5.41) is 2.50. The second-order valence-corrected chi connectivity index (χ2v) is 8.84. The number of nitrogens with zero attached hydrogens (tertiary/aromatic N) is 2. The molecule has 0 aromatic heterocycles. The van der Waals surface area contributed by atoms with Crippen LogP contribution in [0.3, 0.4) is 0 Å². The summed E-state index contributed by atoms with van der Waals surface area (Å²) >= 11 is 0. The second kappa shape index (κ2) is 11.6. The highest BCUT2D eigenvalue weighted by Crippen LogP contribution is 2.34. The Morgan fingerprint density at radius 2 is 2.00 bits per heavy atom. The van der Waals surface area contributed by atoms with Crippen molar-refractivity contribution in [3.05, 3.63) is 64.2 Å². The van der Waals surface area contributed by atoms with Crippen molar-refractivity contribution in [3.63, 3.8) is 0 Å². The third kappa shape index (κ3) is 5.71. The maximum Gasteiger partial charge on any atom is 0.255 e. The molecule has 4 rings (SSSR count). The van der Waals surface area contributed by atoms with Gasteiger partial charge in [-0.05, 0) is 24.1 Å². The van der Waals surface area contributed by atoms with Crippen LogP contribution in [-0.4, -0.2) is 67.3 Å². The molecule has 0 saturated carbocycles. The van der Waals surface area contributed by atoms with E-state index in [-0.39, 0.29) is 37.3 Å². The van der Waals surface area contributed by atoms with Gasteiger partial charge >= 0.3 is 0 Å².